The molecular formula is La39. The number of hydrogen-bond acceptors (Lipinski definition) is 0. The van der Waals surface area contributed by atoms with E-state index in [2.05, 4.69) is 0 Å². The SMILES string of the molecule is [La].[La].[La].[La].[La].[La].[La].[La].[La].[La].[La].[La].[La].[La].[La].[La].[La].[La].[La].[La].[La].[La].[La].[La].[La].[La].[La].[La].[La].[La].[La].[La].[La].[La].[La].[La].[La].[La].[La]. The molecule has 0 fully saturated rings. The number of hydrogen-bond donors (Lipinski definition) is 0. The van der Waals surface area contributed by atoms with E-state index in [-0.39, 0.29) is 1390 Å². The Balaban J connectivity index is 0. The Kier molecular flexibility index (Phi) is 1970. The first-order valence-electron chi connectivity index (χ1n) is 0. The molecule has 0 N–H and O–H groups in total. The van der Waals surface area contributed by atoms with Crippen molar-refractivity contribution in [2.45, 2.75) is 0 Å². The minimum Gasteiger partial charge on any atom is 0 e. The molecule has 39 heteroatoms. The summed E-state index contributed by atoms with van der Waals surface area (Å²) in [7, 11) is 0. The van der Waals surface area contributed by atoms with Gasteiger partial charge in [-0.1, -0.05) is 0 Å². The van der Waals surface area contributed by atoms with Crippen LogP contribution >= 0.6 is 0 Å². The van der Waals surface area contributed by atoms with Crippen molar-refractivity contribution >= 4 is 0 Å². The summed E-state index contributed by atoms with van der Waals surface area (Å²) in [6.45, 7) is 0. The van der Waals surface area contributed by atoms with Crippen molar-refractivity contribution in [1.29, 1.82) is 0 Å². The summed E-state index contributed by atoms with van der Waals surface area (Å²) in [5.74, 6) is 0. The zero-order valence-corrected chi connectivity index (χ0v) is 164. The molecule has 39 radical (unpaired) electrons. The van der Waals surface area contributed by atoms with Gasteiger partial charge in [0.25, 0.3) is 0 Å². The molecule has 0 saturated heterocycles. The summed E-state index contributed by atoms with van der Waals surface area (Å²) < 4.78 is 0. The van der Waals surface area contributed by atoms with Gasteiger partial charge in [-0.3, -0.25) is 0 Å². The molecule has 0 aromatic carbocycles. The summed E-state index contributed by atoms with van der Waals surface area (Å²) in [4.78, 5) is 0. The monoisotopic (exact) mass is 5420 g/mol. The molecule has 0 aromatic heterocycles. The van der Waals surface area contributed by atoms with Gasteiger partial charge in [-0.25, -0.2) is 0 Å². The quantitative estimate of drug-likeness (QED) is 0.321. The van der Waals surface area contributed by atoms with Crippen LogP contribution in [-0.4, -0.2) is 0 Å². The largest absolute Gasteiger partial charge is 0 e. The molecule has 0 nitrogen and oxygen atoms in total. The van der Waals surface area contributed by atoms with Crippen LogP contribution in [0.5, 0.6) is 0 Å². The van der Waals surface area contributed by atoms with Gasteiger partial charge in [0.15, 0.2) is 0 Å². The molecule has 0 aliphatic heterocycles. The maximum atomic E-state index is 0. The molecule has 0 saturated carbocycles. The maximum Gasteiger partial charge on any atom is 0 e. The fourth-order valence-electron chi connectivity index (χ4n) is 0. The van der Waals surface area contributed by atoms with Crippen molar-refractivity contribution in [3.05, 3.63) is 0 Å². The van der Waals surface area contributed by atoms with E-state index >= 15 is 0 Å². The molecule has 0 aliphatic rings. The van der Waals surface area contributed by atoms with Crippen LogP contribution in [0.15, 0.2) is 0 Å². The second-order valence-corrected chi connectivity index (χ2v) is 0. The molecule has 0 unspecified atom stereocenters. The van der Waals surface area contributed by atoms with Crippen LogP contribution in [0.4, 0.5) is 0 Å². The van der Waals surface area contributed by atoms with Crippen LogP contribution in [-0.2, 0) is 0 Å². The Morgan fingerprint density at radius 2 is 0.0256 bits per heavy atom. The molecule has 0 aromatic rings. The van der Waals surface area contributed by atoms with Gasteiger partial charge in [0.1, 0.15) is 0 Å². The molecule has 0 bridgehead atoms. The van der Waals surface area contributed by atoms with Gasteiger partial charge in [-0.2, -0.15) is 0 Å². The topological polar surface area (TPSA) is 0 Å². The van der Waals surface area contributed by atoms with Crippen molar-refractivity contribution < 1.29 is 1390 Å². The van der Waals surface area contributed by atoms with Crippen LogP contribution in [0.25, 0.3) is 0 Å². The van der Waals surface area contributed by atoms with Crippen LogP contribution < -0.4 is 0 Å². The Hall–Kier alpha value is 46.6. The van der Waals surface area contributed by atoms with Gasteiger partial charge < -0.3 is 0 Å². The minimum atomic E-state index is 0. The Morgan fingerprint density at radius 3 is 0.0256 bits per heavy atom. The first kappa shape index (κ1) is 282. The molecule has 0 spiro atoms. The second-order valence-electron chi connectivity index (χ2n) is 0. The normalized spacial score (nSPS) is 0. The van der Waals surface area contributed by atoms with Crippen LogP contribution in [0.1, 0.15) is 0 Å². The van der Waals surface area contributed by atoms with Crippen molar-refractivity contribution in [1.82, 2.24) is 0 Å². The first-order valence-corrected chi connectivity index (χ1v) is 0. The van der Waals surface area contributed by atoms with Crippen molar-refractivity contribution in [3.8, 4) is 0 Å². The van der Waals surface area contributed by atoms with Gasteiger partial charge in [0, 0.05) is 1390 Å². The van der Waals surface area contributed by atoms with Crippen LogP contribution in [0.2, 0.25) is 0 Å². The predicted molar refractivity (Wildman–Crippen MR) is 0 cm³/mol. The molecule has 0 aliphatic carbocycles. The van der Waals surface area contributed by atoms with E-state index in [9.17, 15) is 0 Å². The van der Waals surface area contributed by atoms with E-state index in [4.69, 9.17) is 0 Å². The second kappa shape index (κ2) is 272. The molecule has 0 amide bonds. The molecule has 0 atom stereocenters. The summed E-state index contributed by atoms with van der Waals surface area (Å²) in [5.41, 5.74) is 0. The van der Waals surface area contributed by atoms with E-state index in [0.29, 0.717) is 0 Å². The van der Waals surface area contributed by atoms with E-state index < -0.39 is 0 Å². The third kappa shape index (κ3) is 266. The maximum absolute atomic E-state index is 0. The molecule has 117 valence electrons. The number of rotatable bonds is 0. The first-order chi connectivity index (χ1) is 0. The third-order valence-electron chi connectivity index (χ3n) is 0. The standard InChI is InChI=1S/39La. The fourth-order valence-corrected chi connectivity index (χ4v) is 0. The Labute approximate surface area is 1330 Å². The Bertz CT molecular complexity index is 0. The Morgan fingerprint density at radius 1 is 0.0256 bits per heavy atom. The van der Waals surface area contributed by atoms with Crippen molar-refractivity contribution in [3.63, 3.8) is 0 Å². The fraction of sp³-hybridized carbons (Fsp3) is 0. The average Bonchev–Trinajstić information content (AvgIpc) is 0. The van der Waals surface area contributed by atoms with Crippen molar-refractivity contribution in [2.75, 3.05) is 0 Å². The van der Waals surface area contributed by atoms with E-state index in [1.807, 2.05) is 0 Å². The molecule has 0 heterocycles. The van der Waals surface area contributed by atoms with Gasteiger partial charge in [0.2, 0.25) is 0 Å². The van der Waals surface area contributed by atoms with Crippen molar-refractivity contribution in [2.24, 2.45) is 0 Å². The minimum absolute atomic E-state index is 0. The zero-order chi connectivity index (χ0) is 0. The van der Waals surface area contributed by atoms with E-state index in [1.165, 1.54) is 0 Å². The average molecular weight is 5420 g/mol. The van der Waals surface area contributed by atoms with E-state index in [0.717, 1.165) is 0 Å². The van der Waals surface area contributed by atoms with Crippen LogP contribution in [0, 0.1) is 1390 Å². The molecular weight excluding hydrogens is 5420 g/mol. The van der Waals surface area contributed by atoms with Gasteiger partial charge in [-0.05, 0) is 0 Å². The molecule has 39 heavy (non-hydrogen) atoms. The van der Waals surface area contributed by atoms with Gasteiger partial charge in [-0.15, -0.1) is 0 Å². The third-order valence-corrected chi connectivity index (χ3v) is 0. The van der Waals surface area contributed by atoms with Gasteiger partial charge >= 0.3 is 0 Å². The smallest absolute Gasteiger partial charge is 0 e. The summed E-state index contributed by atoms with van der Waals surface area (Å²) >= 11 is 0. The summed E-state index contributed by atoms with van der Waals surface area (Å²) in [6.07, 6.45) is 0. The summed E-state index contributed by atoms with van der Waals surface area (Å²) in [6, 6.07) is 0. The predicted octanol–water partition coefficient (Wildman–Crippen LogP) is 0. The zero-order valence-electron chi connectivity index (χ0n) is 22.5. The van der Waals surface area contributed by atoms with Crippen LogP contribution in [0.3, 0.4) is 0 Å². The summed E-state index contributed by atoms with van der Waals surface area (Å²) in [5, 5.41) is 0. The molecule has 0 rings (SSSR count). The van der Waals surface area contributed by atoms with Gasteiger partial charge in [0.05, 0.1) is 0 Å². The van der Waals surface area contributed by atoms with E-state index in [1.54, 1.807) is 0 Å².